The summed E-state index contributed by atoms with van der Waals surface area (Å²) < 4.78 is 6.12. The van der Waals surface area contributed by atoms with Crippen molar-refractivity contribution in [1.82, 2.24) is 15.0 Å². The number of hydrogen-bond donors (Lipinski definition) is 1. The van der Waals surface area contributed by atoms with Crippen LogP contribution in [0.1, 0.15) is 0 Å². The predicted octanol–water partition coefficient (Wildman–Crippen LogP) is -0.722. The minimum atomic E-state index is -1.03. The van der Waals surface area contributed by atoms with E-state index < -0.39 is 12.6 Å². The maximum absolute atomic E-state index is 10.00. The van der Waals surface area contributed by atoms with E-state index in [0.717, 1.165) is 0 Å². The van der Waals surface area contributed by atoms with Gasteiger partial charge in [-0.2, -0.15) is 0 Å². The highest BCUT2D eigenvalue weighted by atomic mass is 16.5. The summed E-state index contributed by atoms with van der Waals surface area (Å²) in [5.41, 5.74) is 0. The van der Waals surface area contributed by atoms with E-state index in [1.54, 1.807) is 7.05 Å². The second-order valence-corrected chi connectivity index (χ2v) is 1.91. The van der Waals surface area contributed by atoms with E-state index in [9.17, 15) is 4.79 Å². The lowest BCUT2D eigenvalue weighted by Gasteiger charge is -1.93. The normalized spacial score (nSPS) is 9.55. The smallest absolute Gasteiger partial charge is 0.341 e. The summed E-state index contributed by atoms with van der Waals surface area (Å²) in [6.45, 7) is -0.390. The first-order chi connectivity index (χ1) is 5.18. The molecule has 1 N–H and O–H groups in total. The molecule has 0 saturated carbocycles. The topological polar surface area (TPSA) is 77.2 Å². The molecule has 1 aromatic heterocycles. The lowest BCUT2D eigenvalue weighted by atomic mass is 10.7. The van der Waals surface area contributed by atoms with Crippen LogP contribution in [-0.2, 0) is 11.8 Å². The number of hydrogen-bond acceptors (Lipinski definition) is 4. The number of carbonyl (C=O) groups is 1. The molecule has 0 bridgehead atoms. The fourth-order valence-corrected chi connectivity index (χ4v) is 0.528. The van der Waals surface area contributed by atoms with Crippen LogP contribution in [0.2, 0.25) is 0 Å². The third kappa shape index (κ3) is 2.24. The first-order valence-electron chi connectivity index (χ1n) is 2.89. The molecule has 6 heteroatoms. The Hall–Kier alpha value is -1.59. The van der Waals surface area contributed by atoms with Crippen LogP contribution in [0.5, 0.6) is 5.88 Å². The second-order valence-electron chi connectivity index (χ2n) is 1.91. The number of aromatic nitrogens is 3. The lowest BCUT2D eigenvalue weighted by Crippen LogP contribution is -2.09. The highest BCUT2D eigenvalue weighted by Gasteiger charge is 2.01. The Morgan fingerprint density at radius 3 is 3.09 bits per heavy atom. The summed E-state index contributed by atoms with van der Waals surface area (Å²) >= 11 is 0. The van der Waals surface area contributed by atoms with Gasteiger partial charge in [0.25, 0.3) is 5.88 Å². The largest absolute Gasteiger partial charge is 0.479 e. The van der Waals surface area contributed by atoms with Crippen molar-refractivity contribution in [2.45, 2.75) is 0 Å². The van der Waals surface area contributed by atoms with E-state index >= 15 is 0 Å². The summed E-state index contributed by atoms with van der Waals surface area (Å²) in [6.07, 6.45) is 1.49. The van der Waals surface area contributed by atoms with Gasteiger partial charge in [-0.3, -0.25) is 4.68 Å². The molecule has 1 aromatic rings. The third-order valence-electron chi connectivity index (χ3n) is 0.925. The van der Waals surface area contributed by atoms with Crippen molar-refractivity contribution < 1.29 is 14.6 Å². The summed E-state index contributed by atoms with van der Waals surface area (Å²) in [7, 11) is 1.67. The van der Waals surface area contributed by atoms with Gasteiger partial charge in [0.2, 0.25) is 0 Å². The SMILES string of the molecule is Cn1cc(OCC(=O)O)nn1. The van der Waals surface area contributed by atoms with Crippen molar-refractivity contribution in [2.24, 2.45) is 7.05 Å². The van der Waals surface area contributed by atoms with Crippen molar-refractivity contribution >= 4 is 5.97 Å². The number of rotatable bonds is 3. The monoisotopic (exact) mass is 157 g/mol. The van der Waals surface area contributed by atoms with Crippen molar-refractivity contribution in [3.8, 4) is 5.88 Å². The Morgan fingerprint density at radius 1 is 1.91 bits per heavy atom. The predicted molar refractivity (Wildman–Crippen MR) is 34.1 cm³/mol. The van der Waals surface area contributed by atoms with Crippen LogP contribution in [0.3, 0.4) is 0 Å². The Kier molecular flexibility index (Phi) is 2.05. The molecular weight excluding hydrogens is 150 g/mol. The molecule has 0 radical (unpaired) electrons. The summed E-state index contributed by atoms with van der Waals surface area (Å²) in [5, 5.41) is 15.3. The van der Waals surface area contributed by atoms with Crippen LogP contribution in [0.4, 0.5) is 0 Å². The van der Waals surface area contributed by atoms with Gasteiger partial charge >= 0.3 is 5.97 Å². The first-order valence-corrected chi connectivity index (χ1v) is 2.89. The summed E-state index contributed by atoms with van der Waals surface area (Å²) in [6, 6.07) is 0. The van der Waals surface area contributed by atoms with Crippen LogP contribution >= 0.6 is 0 Å². The number of aliphatic carboxylic acids is 1. The van der Waals surface area contributed by atoms with Gasteiger partial charge in [0, 0.05) is 7.05 Å². The zero-order valence-electron chi connectivity index (χ0n) is 5.89. The maximum atomic E-state index is 10.00. The van der Waals surface area contributed by atoms with Crippen molar-refractivity contribution in [3.63, 3.8) is 0 Å². The number of carboxylic acids is 1. The van der Waals surface area contributed by atoms with Crippen LogP contribution in [-0.4, -0.2) is 32.7 Å². The molecule has 60 valence electrons. The molecule has 0 atom stereocenters. The van der Waals surface area contributed by atoms with Gasteiger partial charge in [-0.25, -0.2) is 4.79 Å². The fourth-order valence-electron chi connectivity index (χ4n) is 0.528. The van der Waals surface area contributed by atoms with Gasteiger partial charge in [-0.1, -0.05) is 10.3 Å². The minimum absolute atomic E-state index is 0.218. The number of aryl methyl sites for hydroxylation is 1. The van der Waals surface area contributed by atoms with E-state index in [1.165, 1.54) is 10.9 Å². The van der Waals surface area contributed by atoms with Crippen LogP contribution in [0.25, 0.3) is 0 Å². The number of nitrogens with zero attached hydrogens (tertiary/aromatic N) is 3. The van der Waals surface area contributed by atoms with Crippen LogP contribution < -0.4 is 4.74 Å². The van der Waals surface area contributed by atoms with Gasteiger partial charge in [-0.15, -0.1) is 0 Å². The maximum Gasteiger partial charge on any atom is 0.341 e. The average Bonchev–Trinajstić information content (AvgIpc) is 2.31. The highest BCUT2D eigenvalue weighted by molar-refractivity contribution is 5.68. The van der Waals surface area contributed by atoms with Crippen molar-refractivity contribution in [2.75, 3.05) is 6.61 Å². The Bertz CT molecular complexity index is 257. The number of ether oxygens (including phenoxy) is 1. The van der Waals surface area contributed by atoms with Gasteiger partial charge in [0.15, 0.2) is 6.61 Å². The van der Waals surface area contributed by atoms with E-state index in [-0.39, 0.29) is 5.88 Å². The fraction of sp³-hybridized carbons (Fsp3) is 0.400. The summed E-state index contributed by atoms with van der Waals surface area (Å²) in [5.74, 6) is -0.814. The standard InChI is InChI=1S/C5H7N3O3/c1-8-2-4(6-7-8)11-3-5(9)10/h2H,3H2,1H3,(H,9,10). The highest BCUT2D eigenvalue weighted by Crippen LogP contribution is 2.00. The second kappa shape index (κ2) is 3.00. The van der Waals surface area contributed by atoms with E-state index in [0.29, 0.717) is 0 Å². The van der Waals surface area contributed by atoms with E-state index in [2.05, 4.69) is 10.3 Å². The molecule has 0 aliphatic heterocycles. The molecule has 0 fully saturated rings. The molecule has 0 unspecified atom stereocenters. The Labute approximate surface area is 62.4 Å². The zero-order chi connectivity index (χ0) is 8.27. The molecule has 0 aromatic carbocycles. The quantitative estimate of drug-likeness (QED) is 0.626. The van der Waals surface area contributed by atoms with Gasteiger partial charge < -0.3 is 9.84 Å². The minimum Gasteiger partial charge on any atom is -0.479 e. The average molecular weight is 157 g/mol. The molecule has 0 aliphatic rings. The third-order valence-corrected chi connectivity index (χ3v) is 0.925. The zero-order valence-corrected chi connectivity index (χ0v) is 5.89. The molecular formula is C5H7N3O3. The van der Waals surface area contributed by atoms with Gasteiger partial charge in [0.05, 0.1) is 6.20 Å². The molecule has 0 spiro atoms. The molecule has 0 aliphatic carbocycles. The molecule has 6 nitrogen and oxygen atoms in total. The number of carboxylic acid groups (broad SMARTS) is 1. The molecule has 0 amide bonds. The Morgan fingerprint density at radius 2 is 2.64 bits per heavy atom. The van der Waals surface area contributed by atoms with Crippen LogP contribution in [0.15, 0.2) is 6.20 Å². The lowest BCUT2D eigenvalue weighted by molar-refractivity contribution is -0.139. The van der Waals surface area contributed by atoms with Gasteiger partial charge in [0.1, 0.15) is 0 Å². The molecule has 0 saturated heterocycles. The molecule has 1 heterocycles. The Balaban J connectivity index is 2.45. The van der Waals surface area contributed by atoms with Crippen molar-refractivity contribution in [1.29, 1.82) is 0 Å². The van der Waals surface area contributed by atoms with Gasteiger partial charge in [-0.05, 0) is 0 Å². The molecule has 1 rings (SSSR count). The molecule has 11 heavy (non-hydrogen) atoms. The summed E-state index contributed by atoms with van der Waals surface area (Å²) in [4.78, 5) is 10.00. The van der Waals surface area contributed by atoms with E-state index in [1.807, 2.05) is 0 Å². The van der Waals surface area contributed by atoms with Crippen LogP contribution in [0, 0.1) is 0 Å². The van der Waals surface area contributed by atoms with E-state index in [4.69, 9.17) is 9.84 Å². The first kappa shape index (κ1) is 7.52. The van der Waals surface area contributed by atoms with Crippen molar-refractivity contribution in [3.05, 3.63) is 6.20 Å².